The number of rotatable bonds is 14. The third-order valence-corrected chi connectivity index (χ3v) is 10.7. The van der Waals surface area contributed by atoms with Gasteiger partial charge in [-0.05, 0) is 79.8 Å². The third kappa shape index (κ3) is 8.56. The van der Waals surface area contributed by atoms with E-state index >= 15 is 0 Å². The van der Waals surface area contributed by atoms with Crippen LogP contribution in [0.5, 0.6) is 5.75 Å². The topological polar surface area (TPSA) is 69.9 Å². The number of hydrogen-bond acceptors (Lipinski definition) is 5. The molecule has 0 bridgehead atoms. The smallest absolute Gasteiger partial charge is 0.392 e. The highest BCUT2D eigenvalue weighted by molar-refractivity contribution is 6.27. The van der Waals surface area contributed by atoms with Crippen LogP contribution in [0, 0.1) is 11.8 Å². The number of carbonyl (C=O) groups is 2. The van der Waals surface area contributed by atoms with Crippen molar-refractivity contribution in [3.63, 3.8) is 0 Å². The molecule has 0 aliphatic heterocycles. The molecule has 6 rings (SSSR count). The Kier molecular flexibility index (Phi) is 12.0. The first-order chi connectivity index (χ1) is 26.3. The molecular formula is C46H49F3N2O4. The second-order valence-electron chi connectivity index (χ2n) is 14.9. The van der Waals surface area contributed by atoms with Crippen LogP contribution < -0.4 is 4.74 Å². The second kappa shape index (κ2) is 16.7. The molecule has 1 aromatic heterocycles. The maximum absolute atomic E-state index is 14.7. The van der Waals surface area contributed by atoms with Crippen LogP contribution in [0.2, 0.25) is 0 Å². The minimum absolute atomic E-state index is 0.0142. The Morgan fingerprint density at radius 2 is 1.65 bits per heavy atom. The summed E-state index contributed by atoms with van der Waals surface area (Å²) in [5.41, 5.74) is 6.87. The maximum Gasteiger partial charge on any atom is 0.392 e. The standard InChI is InChI=1S/C46H49F3N2O4/c1-7-9-14-32(8-2)27-51-40-20-19-33(43(50-55-31(6)52)36-17-12-13-18-41(36)54-22-21-46(47,48)49)25-37(40)38-26-39(34-15-10-11-16-35(34)44(38)51)45(53)42-29(4)23-28(3)24-30(42)5/h10-13,15-20,23,25-26,30,32H,7-9,14,21-22,24,27H2,1-6H3/b50-43-. The van der Waals surface area contributed by atoms with E-state index in [0.29, 0.717) is 22.6 Å². The molecule has 0 fully saturated rings. The van der Waals surface area contributed by atoms with Crippen molar-refractivity contribution in [3.8, 4) is 5.75 Å². The van der Waals surface area contributed by atoms with Gasteiger partial charge in [0, 0.05) is 57.4 Å². The van der Waals surface area contributed by atoms with E-state index in [2.05, 4.69) is 49.6 Å². The number of aromatic nitrogens is 1. The van der Waals surface area contributed by atoms with Gasteiger partial charge in [0.2, 0.25) is 0 Å². The number of ether oxygens (including phenoxy) is 1. The van der Waals surface area contributed by atoms with Crippen LogP contribution in [0.25, 0.3) is 32.6 Å². The van der Waals surface area contributed by atoms with Crippen molar-refractivity contribution in [3.05, 3.63) is 112 Å². The SMILES string of the molecule is CCCCC(CC)Cn1c2ccc(/C(=N/OC(C)=O)c3ccccc3OCCC(F)(F)F)cc2c2cc(C(=O)C3=C(C)C=C(C)CC3C)c3ccccc3c21. The van der Waals surface area contributed by atoms with E-state index in [1.54, 1.807) is 24.3 Å². The summed E-state index contributed by atoms with van der Waals surface area (Å²) in [5, 5.41) is 7.90. The highest BCUT2D eigenvalue weighted by Gasteiger charge is 2.29. The van der Waals surface area contributed by atoms with Gasteiger partial charge in [0.25, 0.3) is 0 Å². The first-order valence-corrected chi connectivity index (χ1v) is 19.3. The zero-order valence-electron chi connectivity index (χ0n) is 32.5. The lowest BCUT2D eigenvalue weighted by atomic mass is 9.80. The number of nitrogens with zero attached hydrogens (tertiary/aromatic N) is 2. The summed E-state index contributed by atoms with van der Waals surface area (Å²) in [4.78, 5) is 32.0. The van der Waals surface area contributed by atoms with Crippen molar-refractivity contribution in [1.29, 1.82) is 0 Å². The van der Waals surface area contributed by atoms with E-state index in [1.165, 1.54) is 12.5 Å². The number of benzene rings is 4. The number of ketones is 1. The molecule has 55 heavy (non-hydrogen) atoms. The molecule has 0 saturated carbocycles. The minimum atomic E-state index is -4.39. The molecule has 1 heterocycles. The van der Waals surface area contributed by atoms with Crippen LogP contribution in [-0.2, 0) is 16.2 Å². The van der Waals surface area contributed by atoms with Crippen LogP contribution >= 0.6 is 0 Å². The Morgan fingerprint density at radius 3 is 2.35 bits per heavy atom. The van der Waals surface area contributed by atoms with Crippen molar-refractivity contribution in [2.75, 3.05) is 6.61 Å². The van der Waals surface area contributed by atoms with Gasteiger partial charge in [0.1, 0.15) is 11.5 Å². The van der Waals surface area contributed by atoms with E-state index in [0.717, 1.165) is 82.4 Å². The molecular weight excluding hydrogens is 702 g/mol. The van der Waals surface area contributed by atoms with Crippen molar-refractivity contribution in [2.45, 2.75) is 92.8 Å². The van der Waals surface area contributed by atoms with E-state index < -0.39 is 25.2 Å². The molecule has 2 atom stereocenters. The fourth-order valence-electron chi connectivity index (χ4n) is 8.12. The number of oxime groups is 1. The van der Waals surface area contributed by atoms with Crippen LogP contribution in [0.15, 0.2) is 101 Å². The van der Waals surface area contributed by atoms with Gasteiger partial charge in [0.05, 0.1) is 18.5 Å². The van der Waals surface area contributed by atoms with Gasteiger partial charge in [-0.2, -0.15) is 13.2 Å². The van der Waals surface area contributed by atoms with Gasteiger partial charge < -0.3 is 14.1 Å². The molecule has 1 aliphatic rings. The number of carbonyl (C=O) groups excluding carboxylic acids is 2. The number of hydrogen-bond donors (Lipinski definition) is 0. The summed E-state index contributed by atoms with van der Waals surface area (Å²) < 4.78 is 47.3. The molecule has 0 spiro atoms. The Labute approximate surface area is 320 Å². The average Bonchev–Trinajstić information content (AvgIpc) is 3.44. The number of fused-ring (bicyclic) bond motifs is 5. The lowest BCUT2D eigenvalue weighted by Crippen LogP contribution is -2.17. The summed E-state index contributed by atoms with van der Waals surface area (Å²) in [6, 6.07) is 22.7. The van der Waals surface area contributed by atoms with Crippen molar-refractivity contribution in [2.24, 2.45) is 17.0 Å². The van der Waals surface area contributed by atoms with E-state index in [1.807, 2.05) is 49.4 Å². The Balaban J connectivity index is 1.62. The Morgan fingerprint density at radius 1 is 0.927 bits per heavy atom. The second-order valence-corrected chi connectivity index (χ2v) is 14.9. The van der Waals surface area contributed by atoms with Crippen LogP contribution in [0.3, 0.4) is 0 Å². The number of para-hydroxylation sites is 1. The molecule has 1 aliphatic carbocycles. The Bertz CT molecular complexity index is 2350. The van der Waals surface area contributed by atoms with E-state index in [-0.39, 0.29) is 23.2 Å². The predicted molar refractivity (Wildman–Crippen MR) is 215 cm³/mol. The number of unbranched alkanes of at least 4 members (excludes halogenated alkanes) is 1. The molecule has 6 nitrogen and oxygen atoms in total. The highest BCUT2D eigenvalue weighted by Crippen LogP contribution is 2.41. The zero-order chi connectivity index (χ0) is 39.4. The molecule has 0 saturated heterocycles. The van der Waals surface area contributed by atoms with Crippen LogP contribution in [0.4, 0.5) is 13.2 Å². The first kappa shape index (κ1) is 39.5. The maximum atomic E-state index is 14.7. The number of allylic oxidation sites excluding steroid dienone is 4. The quantitative estimate of drug-likeness (QED) is 0.0490. The molecule has 288 valence electrons. The molecule has 0 N–H and O–H groups in total. The van der Waals surface area contributed by atoms with E-state index in [9.17, 15) is 22.8 Å². The fourth-order valence-corrected chi connectivity index (χ4v) is 8.12. The van der Waals surface area contributed by atoms with Gasteiger partial charge >= 0.3 is 12.1 Å². The lowest BCUT2D eigenvalue weighted by Gasteiger charge is -2.23. The normalized spacial score (nSPS) is 15.8. The number of alkyl halides is 3. The molecule has 2 unspecified atom stereocenters. The van der Waals surface area contributed by atoms with Crippen LogP contribution in [-0.4, -0.2) is 34.8 Å². The molecule has 4 aromatic carbocycles. The van der Waals surface area contributed by atoms with E-state index in [4.69, 9.17) is 9.57 Å². The molecule has 0 radical (unpaired) electrons. The lowest BCUT2D eigenvalue weighted by molar-refractivity contribution is -0.141. The zero-order valence-corrected chi connectivity index (χ0v) is 32.5. The van der Waals surface area contributed by atoms with Gasteiger partial charge in [-0.1, -0.05) is 99.3 Å². The fraction of sp³-hybridized carbons (Fsp3) is 0.370. The average molecular weight is 751 g/mol. The van der Waals surface area contributed by atoms with Gasteiger partial charge in [-0.15, -0.1) is 0 Å². The highest BCUT2D eigenvalue weighted by atomic mass is 19.4. The molecule has 5 aromatic rings. The summed E-state index contributed by atoms with van der Waals surface area (Å²) in [6.07, 6.45) is 1.75. The third-order valence-electron chi connectivity index (χ3n) is 10.7. The van der Waals surface area contributed by atoms with Crippen LogP contribution in [0.1, 0.15) is 102 Å². The van der Waals surface area contributed by atoms with Gasteiger partial charge in [-0.25, -0.2) is 4.79 Å². The number of halogens is 3. The minimum Gasteiger partial charge on any atom is -0.493 e. The molecule has 9 heteroatoms. The number of Topliss-reactive ketones (excluding diaryl/α,β-unsaturated/α-hetero) is 1. The van der Waals surface area contributed by atoms with Gasteiger partial charge in [0.15, 0.2) is 5.78 Å². The molecule has 0 amide bonds. The largest absolute Gasteiger partial charge is 0.493 e. The summed E-state index contributed by atoms with van der Waals surface area (Å²) in [6.45, 7) is 12.1. The summed E-state index contributed by atoms with van der Waals surface area (Å²) in [7, 11) is 0. The van der Waals surface area contributed by atoms with Gasteiger partial charge in [-0.3, -0.25) is 4.79 Å². The Hall–Kier alpha value is -5.18. The summed E-state index contributed by atoms with van der Waals surface area (Å²) >= 11 is 0. The first-order valence-electron chi connectivity index (χ1n) is 19.3. The van der Waals surface area contributed by atoms with Crippen molar-refractivity contribution >= 4 is 50.0 Å². The van der Waals surface area contributed by atoms with Crippen molar-refractivity contribution < 1.29 is 32.3 Å². The summed E-state index contributed by atoms with van der Waals surface area (Å²) in [5.74, 6) is 0.0358. The predicted octanol–water partition coefficient (Wildman–Crippen LogP) is 12.3. The monoisotopic (exact) mass is 750 g/mol. The van der Waals surface area contributed by atoms with Crippen molar-refractivity contribution in [1.82, 2.24) is 4.57 Å².